The van der Waals surface area contributed by atoms with Crippen molar-refractivity contribution in [2.45, 2.75) is 39.0 Å². The van der Waals surface area contributed by atoms with Crippen LogP contribution in [0.5, 0.6) is 0 Å². The van der Waals surface area contributed by atoms with Crippen molar-refractivity contribution in [3.63, 3.8) is 0 Å². The van der Waals surface area contributed by atoms with Gasteiger partial charge in [0.05, 0.1) is 22.4 Å². The monoisotopic (exact) mass is 357 g/mol. The van der Waals surface area contributed by atoms with Crippen LogP contribution in [0, 0.1) is 0 Å². The lowest BCUT2D eigenvalue weighted by Gasteiger charge is -2.20. The summed E-state index contributed by atoms with van der Waals surface area (Å²) in [5.74, 6) is 0. The second-order valence-corrected chi connectivity index (χ2v) is 5.11. The molecule has 0 radical (unpaired) electrons. The van der Waals surface area contributed by atoms with E-state index >= 15 is 0 Å². The number of hydrogen-bond acceptors (Lipinski definition) is 3. The molecular weight excluding hydrogens is 339 g/mol. The Morgan fingerprint density at radius 2 is 2.15 bits per heavy atom. The van der Waals surface area contributed by atoms with E-state index in [9.17, 15) is 13.2 Å². The van der Waals surface area contributed by atoms with E-state index in [1.807, 2.05) is 18.5 Å². The summed E-state index contributed by atoms with van der Waals surface area (Å²) >= 11 is 3.43. The molecule has 1 aromatic heterocycles. The SMILES string of the molecule is CCNC(CCOCC(F)(F)F)c1c(Br)cnn1CC. The Bertz CT molecular complexity index is 409. The van der Waals surface area contributed by atoms with Crippen LogP contribution in [-0.2, 0) is 11.3 Å². The van der Waals surface area contributed by atoms with Gasteiger partial charge in [-0.05, 0) is 35.8 Å². The van der Waals surface area contributed by atoms with Crippen LogP contribution in [0.2, 0.25) is 0 Å². The molecule has 1 unspecified atom stereocenters. The first-order valence-electron chi connectivity index (χ1n) is 6.48. The van der Waals surface area contributed by atoms with Crippen molar-refractivity contribution in [2.24, 2.45) is 0 Å². The van der Waals surface area contributed by atoms with Crippen LogP contribution >= 0.6 is 15.9 Å². The number of aromatic nitrogens is 2. The van der Waals surface area contributed by atoms with E-state index in [-0.39, 0.29) is 12.6 Å². The van der Waals surface area contributed by atoms with E-state index in [0.717, 1.165) is 10.2 Å². The quantitative estimate of drug-likeness (QED) is 0.725. The molecule has 8 heteroatoms. The van der Waals surface area contributed by atoms with Crippen LogP contribution in [0.3, 0.4) is 0 Å². The Balaban J connectivity index is 2.62. The molecule has 1 atom stereocenters. The number of rotatable bonds is 8. The first-order valence-corrected chi connectivity index (χ1v) is 7.27. The zero-order valence-electron chi connectivity index (χ0n) is 11.5. The van der Waals surface area contributed by atoms with Gasteiger partial charge in [0.1, 0.15) is 6.61 Å². The van der Waals surface area contributed by atoms with Gasteiger partial charge in [0, 0.05) is 13.2 Å². The van der Waals surface area contributed by atoms with Gasteiger partial charge in [0.2, 0.25) is 0 Å². The van der Waals surface area contributed by atoms with Gasteiger partial charge in [0.25, 0.3) is 0 Å². The Hall–Kier alpha value is -0.600. The van der Waals surface area contributed by atoms with E-state index in [1.54, 1.807) is 6.20 Å². The molecule has 0 aliphatic heterocycles. The fourth-order valence-corrected chi connectivity index (χ4v) is 2.51. The molecule has 0 aliphatic carbocycles. The zero-order valence-corrected chi connectivity index (χ0v) is 13.1. The van der Waals surface area contributed by atoms with Crippen LogP contribution in [0.1, 0.15) is 32.0 Å². The van der Waals surface area contributed by atoms with E-state index < -0.39 is 12.8 Å². The Morgan fingerprint density at radius 3 is 2.70 bits per heavy atom. The van der Waals surface area contributed by atoms with Crippen molar-refractivity contribution in [1.82, 2.24) is 15.1 Å². The average Bonchev–Trinajstić information content (AvgIpc) is 2.73. The Kier molecular flexibility index (Phi) is 6.97. The molecule has 20 heavy (non-hydrogen) atoms. The van der Waals surface area contributed by atoms with Gasteiger partial charge in [0.15, 0.2) is 0 Å². The van der Waals surface area contributed by atoms with Gasteiger partial charge in [-0.2, -0.15) is 18.3 Å². The Morgan fingerprint density at radius 1 is 1.45 bits per heavy atom. The maximum Gasteiger partial charge on any atom is 0.411 e. The van der Waals surface area contributed by atoms with Gasteiger partial charge in [-0.3, -0.25) is 4.68 Å². The van der Waals surface area contributed by atoms with Gasteiger partial charge in [-0.15, -0.1) is 0 Å². The lowest BCUT2D eigenvalue weighted by Crippen LogP contribution is -2.26. The Labute approximate surface area is 124 Å². The highest BCUT2D eigenvalue weighted by molar-refractivity contribution is 9.10. The van der Waals surface area contributed by atoms with Crippen LogP contribution in [0.4, 0.5) is 13.2 Å². The van der Waals surface area contributed by atoms with E-state index in [4.69, 9.17) is 0 Å². The second-order valence-electron chi connectivity index (χ2n) is 4.26. The van der Waals surface area contributed by atoms with Gasteiger partial charge < -0.3 is 10.1 Å². The van der Waals surface area contributed by atoms with Gasteiger partial charge in [-0.1, -0.05) is 6.92 Å². The second kappa shape index (κ2) is 7.99. The van der Waals surface area contributed by atoms with Crippen molar-refractivity contribution < 1.29 is 17.9 Å². The minimum atomic E-state index is -4.28. The van der Waals surface area contributed by atoms with Crippen LogP contribution < -0.4 is 5.32 Å². The molecule has 1 heterocycles. The molecule has 0 aromatic carbocycles. The highest BCUT2D eigenvalue weighted by atomic mass is 79.9. The first-order chi connectivity index (χ1) is 9.39. The molecule has 1 aromatic rings. The lowest BCUT2D eigenvalue weighted by molar-refractivity contribution is -0.174. The third-order valence-electron chi connectivity index (χ3n) is 2.73. The lowest BCUT2D eigenvalue weighted by atomic mass is 10.1. The number of halogens is 4. The minimum absolute atomic E-state index is 0.0402. The molecule has 1 rings (SSSR count). The largest absolute Gasteiger partial charge is 0.411 e. The number of hydrogen-bond donors (Lipinski definition) is 1. The summed E-state index contributed by atoms with van der Waals surface area (Å²) in [6.07, 6.45) is -2.13. The normalized spacial score (nSPS) is 13.7. The predicted molar refractivity (Wildman–Crippen MR) is 73.5 cm³/mol. The standard InChI is InChI=1S/C12H19BrF3N3O/c1-3-17-10(5-6-20-8-12(14,15)16)11-9(13)7-18-19(11)4-2/h7,10,17H,3-6,8H2,1-2H3. The van der Waals surface area contributed by atoms with E-state index in [2.05, 4.69) is 31.1 Å². The number of alkyl halides is 3. The van der Waals surface area contributed by atoms with E-state index in [1.165, 1.54) is 0 Å². The maximum absolute atomic E-state index is 12.0. The van der Waals surface area contributed by atoms with Crippen LogP contribution in [0.25, 0.3) is 0 Å². The van der Waals surface area contributed by atoms with Crippen molar-refractivity contribution in [3.05, 3.63) is 16.4 Å². The summed E-state index contributed by atoms with van der Waals surface area (Å²) in [4.78, 5) is 0. The third kappa shape index (κ3) is 5.41. The molecule has 1 N–H and O–H groups in total. The molecule has 0 bridgehead atoms. The summed E-state index contributed by atoms with van der Waals surface area (Å²) in [5.41, 5.74) is 0.935. The number of aryl methyl sites for hydroxylation is 1. The third-order valence-corrected chi connectivity index (χ3v) is 3.34. The minimum Gasteiger partial charge on any atom is -0.372 e. The molecule has 0 saturated carbocycles. The summed E-state index contributed by atoms with van der Waals surface area (Å²) in [6, 6.07) is -0.0925. The average molecular weight is 358 g/mol. The molecule has 0 fully saturated rings. The van der Waals surface area contributed by atoms with Crippen molar-refractivity contribution in [1.29, 1.82) is 0 Å². The maximum atomic E-state index is 12.0. The van der Waals surface area contributed by atoms with Crippen molar-refractivity contribution in [3.8, 4) is 0 Å². The summed E-state index contributed by atoms with van der Waals surface area (Å²) < 4.78 is 43.4. The fraction of sp³-hybridized carbons (Fsp3) is 0.750. The molecular formula is C12H19BrF3N3O. The summed E-state index contributed by atoms with van der Waals surface area (Å²) in [6.45, 7) is 4.16. The van der Waals surface area contributed by atoms with Crippen molar-refractivity contribution >= 4 is 15.9 Å². The smallest absolute Gasteiger partial charge is 0.372 e. The molecule has 0 amide bonds. The van der Waals surface area contributed by atoms with Crippen LogP contribution in [-0.4, -0.2) is 35.7 Å². The molecule has 0 saturated heterocycles. The molecule has 116 valence electrons. The highest BCUT2D eigenvalue weighted by Gasteiger charge is 2.27. The molecule has 0 spiro atoms. The topological polar surface area (TPSA) is 39.1 Å². The first kappa shape index (κ1) is 17.5. The summed E-state index contributed by atoms with van der Waals surface area (Å²) in [7, 11) is 0. The molecule has 0 aliphatic rings. The summed E-state index contributed by atoms with van der Waals surface area (Å²) in [5, 5.41) is 7.46. The highest BCUT2D eigenvalue weighted by Crippen LogP contribution is 2.26. The number of nitrogens with zero attached hydrogens (tertiary/aromatic N) is 2. The number of nitrogens with one attached hydrogen (secondary N) is 1. The predicted octanol–water partition coefficient (Wildman–Crippen LogP) is 3.29. The fourth-order valence-electron chi connectivity index (χ4n) is 1.94. The zero-order chi connectivity index (χ0) is 15.2. The molecule has 4 nitrogen and oxygen atoms in total. The number of ether oxygens (including phenoxy) is 1. The van der Waals surface area contributed by atoms with Gasteiger partial charge in [-0.25, -0.2) is 0 Å². The van der Waals surface area contributed by atoms with Crippen molar-refractivity contribution in [2.75, 3.05) is 19.8 Å². The van der Waals surface area contributed by atoms with Crippen LogP contribution in [0.15, 0.2) is 10.7 Å². The van der Waals surface area contributed by atoms with E-state index in [0.29, 0.717) is 19.5 Å². The van der Waals surface area contributed by atoms with Gasteiger partial charge >= 0.3 is 6.18 Å².